The van der Waals surface area contributed by atoms with Crippen molar-refractivity contribution in [2.75, 3.05) is 20.3 Å². The molecule has 4 rings (SSSR count). The third-order valence-corrected chi connectivity index (χ3v) is 6.75. The highest BCUT2D eigenvalue weighted by Crippen LogP contribution is 2.52. The van der Waals surface area contributed by atoms with Crippen LogP contribution in [-0.2, 0) is 9.53 Å². The molecular weight excluding hydrogens is 436 g/mol. The van der Waals surface area contributed by atoms with Gasteiger partial charge in [-0.2, -0.15) is 0 Å². The van der Waals surface area contributed by atoms with Crippen molar-refractivity contribution < 1.29 is 33.6 Å². The Bertz CT molecular complexity index is 985. The lowest BCUT2D eigenvalue weighted by Crippen LogP contribution is -2.53. The number of benzene rings is 2. The van der Waals surface area contributed by atoms with E-state index < -0.39 is 23.6 Å². The highest BCUT2D eigenvalue weighted by Gasteiger charge is 2.52. The molecule has 184 valence electrons. The van der Waals surface area contributed by atoms with Gasteiger partial charge in [0.05, 0.1) is 25.7 Å². The predicted octanol–water partition coefficient (Wildman–Crippen LogP) is 5.27. The number of aliphatic carboxylic acids is 1. The van der Waals surface area contributed by atoms with Gasteiger partial charge in [0.1, 0.15) is 41.3 Å². The lowest BCUT2D eigenvalue weighted by atomic mass is 9.72. The second-order valence-corrected chi connectivity index (χ2v) is 9.48. The number of rotatable bonds is 9. The monoisotopic (exact) mass is 470 g/mol. The van der Waals surface area contributed by atoms with E-state index >= 15 is 0 Å². The Balaban J connectivity index is 1.57. The summed E-state index contributed by atoms with van der Waals surface area (Å²) in [5.74, 6) is 1.17. The fourth-order valence-corrected chi connectivity index (χ4v) is 4.76. The van der Waals surface area contributed by atoms with Crippen molar-refractivity contribution >= 4 is 5.97 Å². The lowest BCUT2D eigenvalue weighted by Gasteiger charge is -2.50. The molecule has 0 aromatic heterocycles. The summed E-state index contributed by atoms with van der Waals surface area (Å²) in [5.41, 5.74) is 0.328. The number of carboxylic acids is 1. The molecule has 1 N–H and O–H groups in total. The molecule has 4 atom stereocenters. The van der Waals surface area contributed by atoms with Gasteiger partial charge in [0.25, 0.3) is 0 Å². The minimum atomic E-state index is -0.889. The maximum absolute atomic E-state index is 12.2. The molecule has 0 radical (unpaired) electrons. The molecular formula is C27H34O7. The van der Waals surface area contributed by atoms with Crippen LogP contribution in [0.1, 0.15) is 51.7 Å². The largest absolute Gasteiger partial charge is 0.497 e. The number of carboxylic acid groups (broad SMARTS) is 1. The van der Waals surface area contributed by atoms with Gasteiger partial charge in [0.2, 0.25) is 0 Å². The topological polar surface area (TPSA) is 83.5 Å². The number of hydrogen-bond acceptors (Lipinski definition) is 6. The van der Waals surface area contributed by atoms with E-state index in [-0.39, 0.29) is 18.6 Å². The van der Waals surface area contributed by atoms with Crippen LogP contribution in [0.5, 0.6) is 23.0 Å². The lowest BCUT2D eigenvalue weighted by molar-refractivity contribution is -0.192. The standard InChI is InChI=1S/C27H34O7/c1-5-6-13-31-19-11-12-23-20(14-19)25-22(27(2,3)34-23)15-21(26(28)29)24(33-25)16-32-18-9-7-17(30-4)8-10-18/h7-12,14,21-22,24-25H,5-6,13,15-16H2,1-4H3,(H,28,29)/t21-,22-,24-,25+/m0/s1. The third-order valence-electron chi connectivity index (χ3n) is 6.75. The van der Waals surface area contributed by atoms with Gasteiger partial charge >= 0.3 is 5.97 Å². The molecule has 7 heteroatoms. The highest BCUT2D eigenvalue weighted by molar-refractivity contribution is 5.71. The molecule has 1 fully saturated rings. The van der Waals surface area contributed by atoms with Crippen molar-refractivity contribution in [3.8, 4) is 23.0 Å². The Labute approximate surface area is 200 Å². The maximum Gasteiger partial charge on any atom is 0.309 e. The first-order chi connectivity index (χ1) is 16.3. The molecule has 2 heterocycles. The minimum Gasteiger partial charge on any atom is -0.497 e. The molecule has 0 saturated carbocycles. The van der Waals surface area contributed by atoms with Gasteiger partial charge in [0.15, 0.2) is 0 Å². The van der Waals surface area contributed by atoms with E-state index in [2.05, 4.69) is 6.92 Å². The summed E-state index contributed by atoms with van der Waals surface area (Å²) in [5, 5.41) is 9.98. The first-order valence-electron chi connectivity index (χ1n) is 11.9. The molecule has 0 unspecified atom stereocenters. The Hall–Kier alpha value is -2.93. The molecule has 2 aromatic rings. The smallest absolute Gasteiger partial charge is 0.309 e. The van der Waals surface area contributed by atoms with Gasteiger partial charge in [-0.3, -0.25) is 4.79 Å². The van der Waals surface area contributed by atoms with Gasteiger partial charge in [-0.1, -0.05) is 13.3 Å². The van der Waals surface area contributed by atoms with E-state index in [9.17, 15) is 9.90 Å². The summed E-state index contributed by atoms with van der Waals surface area (Å²) >= 11 is 0. The Morgan fingerprint density at radius 2 is 1.79 bits per heavy atom. The molecule has 2 aromatic carbocycles. The van der Waals surface area contributed by atoms with Gasteiger partial charge in [0, 0.05) is 11.5 Å². The zero-order valence-corrected chi connectivity index (χ0v) is 20.3. The van der Waals surface area contributed by atoms with Crippen molar-refractivity contribution in [2.45, 2.75) is 57.8 Å². The van der Waals surface area contributed by atoms with Crippen LogP contribution in [0.25, 0.3) is 0 Å². The van der Waals surface area contributed by atoms with Crippen LogP contribution in [0, 0.1) is 11.8 Å². The van der Waals surface area contributed by atoms with Crippen molar-refractivity contribution in [1.82, 2.24) is 0 Å². The Kier molecular flexibility index (Phi) is 7.22. The summed E-state index contributed by atoms with van der Waals surface area (Å²) < 4.78 is 29.9. The molecule has 0 amide bonds. The number of unbranched alkanes of at least 4 members (excludes halogenated alkanes) is 1. The fourth-order valence-electron chi connectivity index (χ4n) is 4.76. The molecule has 34 heavy (non-hydrogen) atoms. The van der Waals surface area contributed by atoms with Crippen LogP contribution >= 0.6 is 0 Å². The van der Waals surface area contributed by atoms with Crippen LogP contribution in [0.15, 0.2) is 42.5 Å². The van der Waals surface area contributed by atoms with Crippen molar-refractivity contribution in [2.24, 2.45) is 11.8 Å². The number of carbonyl (C=O) groups is 1. The van der Waals surface area contributed by atoms with E-state index in [1.165, 1.54) is 0 Å². The van der Waals surface area contributed by atoms with E-state index in [0.717, 1.165) is 35.7 Å². The van der Waals surface area contributed by atoms with Gasteiger partial charge in [-0.15, -0.1) is 0 Å². The zero-order valence-electron chi connectivity index (χ0n) is 20.3. The summed E-state index contributed by atoms with van der Waals surface area (Å²) in [4.78, 5) is 12.2. The number of methoxy groups -OCH3 is 1. The van der Waals surface area contributed by atoms with E-state index in [1.54, 1.807) is 31.4 Å². The van der Waals surface area contributed by atoms with Crippen LogP contribution in [0.3, 0.4) is 0 Å². The number of hydrogen-bond donors (Lipinski definition) is 1. The first kappa shape index (κ1) is 24.2. The highest BCUT2D eigenvalue weighted by atomic mass is 16.6. The molecule has 1 saturated heterocycles. The summed E-state index contributed by atoms with van der Waals surface area (Å²) in [6.45, 7) is 6.90. The summed E-state index contributed by atoms with van der Waals surface area (Å²) in [6.07, 6.45) is 1.56. The molecule has 7 nitrogen and oxygen atoms in total. The second-order valence-electron chi connectivity index (χ2n) is 9.48. The van der Waals surface area contributed by atoms with Gasteiger partial charge in [-0.25, -0.2) is 0 Å². The van der Waals surface area contributed by atoms with Gasteiger partial charge in [-0.05, 0) is 69.2 Å². The van der Waals surface area contributed by atoms with Gasteiger partial charge < -0.3 is 28.8 Å². The minimum absolute atomic E-state index is 0.121. The third kappa shape index (κ3) is 5.09. The molecule has 0 bridgehead atoms. The van der Waals surface area contributed by atoms with Crippen molar-refractivity contribution in [1.29, 1.82) is 0 Å². The zero-order chi connectivity index (χ0) is 24.3. The second kappa shape index (κ2) is 10.1. The Morgan fingerprint density at radius 1 is 1.09 bits per heavy atom. The maximum atomic E-state index is 12.2. The quantitative estimate of drug-likeness (QED) is 0.500. The number of fused-ring (bicyclic) bond motifs is 3. The first-order valence-corrected chi connectivity index (χ1v) is 11.9. The summed E-state index contributed by atoms with van der Waals surface area (Å²) in [7, 11) is 1.60. The van der Waals surface area contributed by atoms with Crippen LogP contribution in [0.4, 0.5) is 0 Å². The van der Waals surface area contributed by atoms with E-state index in [0.29, 0.717) is 18.8 Å². The fraction of sp³-hybridized carbons (Fsp3) is 0.519. The molecule has 2 aliphatic heterocycles. The van der Waals surface area contributed by atoms with Crippen LogP contribution in [0.2, 0.25) is 0 Å². The van der Waals surface area contributed by atoms with E-state index in [4.69, 9.17) is 23.7 Å². The SMILES string of the molecule is CCCCOc1ccc2c(c1)[C@H]1O[C@@H](COc3ccc(OC)cc3)[C@@H](C(=O)O)C[C@@H]1C(C)(C)O2. The normalized spacial score (nSPS) is 24.8. The molecule has 2 aliphatic rings. The van der Waals surface area contributed by atoms with Crippen LogP contribution < -0.4 is 18.9 Å². The molecule has 0 spiro atoms. The summed E-state index contributed by atoms with van der Waals surface area (Å²) in [6, 6.07) is 13.0. The molecule has 0 aliphatic carbocycles. The number of ether oxygens (including phenoxy) is 5. The van der Waals surface area contributed by atoms with E-state index in [1.807, 2.05) is 32.0 Å². The average molecular weight is 471 g/mol. The Morgan fingerprint density at radius 3 is 2.47 bits per heavy atom. The van der Waals surface area contributed by atoms with Crippen LogP contribution in [-0.4, -0.2) is 43.1 Å². The predicted molar refractivity (Wildman–Crippen MR) is 127 cm³/mol. The van der Waals surface area contributed by atoms with Crippen molar-refractivity contribution in [3.63, 3.8) is 0 Å². The average Bonchev–Trinajstić information content (AvgIpc) is 2.82. The van der Waals surface area contributed by atoms with Crippen molar-refractivity contribution in [3.05, 3.63) is 48.0 Å².